The molecule has 0 atom stereocenters. The van der Waals surface area contributed by atoms with Gasteiger partial charge in [-0.3, -0.25) is 0 Å². The topological polar surface area (TPSA) is 78.1 Å². The molecule has 0 saturated heterocycles. The lowest BCUT2D eigenvalue weighted by molar-refractivity contribution is 0.0600. The average Bonchev–Trinajstić information content (AvgIpc) is 2.41. The number of nitrogens with zero attached hydrogens (tertiary/aromatic N) is 2. The lowest BCUT2D eigenvalue weighted by Gasteiger charge is -2.06. The number of rotatable bonds is 3. The third-order valence-corrected chi connectivity index (χ3v) is 3.24. The lowest BCUT2D eigenvalue weighted by atomic mass is 10.2. The summed E-state index contributed by atoms with van der Waals surface area (Å²) < 4.78 is 4.63. The molecule has 0 bridgehead atoms. The molecule has 1 aromatic carbocycles. The normalized spacial score (nSPS) is 10.1. The summed E-state index contributed by atoms with van der Waals surface area (Å²) in [6.07, 6.45) is 3.13. The molecule has 0 fully saturated rings. The zero-order valence-electron chi connectivity index (χ0n) is 9.66. The Bertz CT molecular complexity index is 561. The Morgan fingerprint density at radius 2 is 2.22 bits per heavy atom. The number of nitrogen functional groups attached to an aromatic ring is 1. The van der Waals surface area contributed by atoms with E-state index < -0.39 is 5.97 Å². The minimum Gasteiger partial charge on any atom is -0.465 e. The molecule has 18 heavy (non-hydrogen) atoms. The number of carbonyl (C=O) groups is 1. The Labute approximate surface area is 108 Å². The van der Waals surface area contributed by atoms with Crippen molar-refractivity contribution in [2.24, 2.45) is 0 Å². The zero-order chi connectivity index (χ0) is 13.0. The molecule has 0 aliphatic heterocycles. The Morgan fingerprint density at radius 1 is 1.39 bits per heavy atom. The Morgan fingerprint density at radius 3 is 2.83 bits per heavy atom. The van der Waals surface area contributed by atoms with Gasteiger partial charge in [0.15, 0.2) is 0 Å². The highest BCUT2D eigenvalue weighted by Gasteiger charge is 2.09. The van der Waals surface area contributed by atoms with Gasteiger partial charge in [0.25, 0.3) is 0 Å². The van der Waals surface area contributed by atoms with Gasteiger partial charge >= 0.3 is 5.97 Å². The summed E-state index contributed by atoms with van der Waals surface area (Å²) in [6.45, 7) is 0. The Balaban J connectivity index is 2.23. The second kappa shape index (κ2) is 5.50. The zero-order valence-corrected chi connectivity index (χ0v) is 10.5. The van der Waals surface area contributed by atoms with E-state index >= 15 is 0 Å². The van der Waals surface area contributed by atoms with Crippen molar-refractivity contribution in [3.05, 3.63) is 42.4 Å². The maximum absolute atomic E-state index is 11.3. The highest BCUT2D eigenvalue weighted by molar-refractivity contribution is 7.99. The summed E-state index contributed by atoms with van der Waals surface area (Å²) in [4.78, 5) is 20.1. The van der Waals surface area contributed by atoms with E-state index in [0.717, 1.165) is 9.92 Å². The van der Waals surface area contributed by atoms with Gasteiger partial charge in [0.2, 0.25) is 0 Å². The first-order valence-corrected chi connectivity index (χ1v) is 5.94. The molecule has 1 heterocycles. The minimum absolute atomic E-state index is 0.403. The van der Waals surface area contributed by atoms with E-state index in [1.54, 1.807) is 30.5 Å². The van der Waals surface area contributed by atoms with Crippen molar-refractivity contribution in [3.63, 3.8) is 0 Å². The van der Waals surface area contributed by atoms with Crippen LogP contribution in [0.15, 0.2) is 46.7 Å². The third kappa shape index (κ3) is 2.78. The van der Waals surface area contributed by atoms with Crippen LogP contribution in [0.3, 0.4) is 0 Å². The minimum atomic E-state index is -0.403. The summed E-state index contributed by atoms with van der Waals surface area (Å²) in [5.74, 6) is -0.403. The predicted octanol–water partition coefficient (Wildman–Crippen LogP) is 2.00. The molecule has 0 aliphatic carbocycles. The first-order chi connectivity index (χ1) is 8.70. The predicted molar refractivity (Wildman–Crippen MR) is 68.3 cm³/mol. The van der Waals surface area contributed by atoms with E-state index in [2.05, 4.69) is 14.7 Å². The number of methoxy groups -OCH3 is 1. The molecule has 1 aromatic heterocycles. The number of ether oxygens (including phenoxy) is 1. The molecular weight excluding hydrogens is 250 g/mol. The van der Waals surface area contributed by atoms with E-state index in [9.17, 15) is 4.79 Å². The number of aromatic nitrogens is 2. The van der Waals surface area contributed by atoms with Crippen molar-refractivity contribution in [2.45, 2.75) is 9.92 Å². The van der Waals surface area contributed by atoms with E-state index in [4.69, 9.17) is 5.73 Å². The van der Waals surface area contributed by atoms with E-state index in [-0.39, 0.29) is 0 Å². The second-order valence-electron chi connectivity index (χ2n) is 3.39. The number of hydrogen-bond acceptors (Lipinski definition) is 6. The van der Waals surface area contributed by atoms with Gasteiger partial charge in [0.1, 0.15) is 11.4 Å². The molecule has 5 nitrogen and oxygen atoms in total. The summed E-state index contributed by atoms with van der Waals surface area (Å²) in [6, 6.07) is 6.83. The monoisotopic (exact) mass is 261 g/mol. The molecule has 6 heteroatoms. The van der Waals surface area contributed by atoms with Crippen LogP contribution in [0.25, 0.3) is 0 Å². The molecule has 0 saturated carbocycles. The summed E-state index contributed by atoms with van der Waals surface area (Å²) in [5.41, 5.74) is 6.84. The fourth-order valence-corrected chi connectivity index (χ4v) is 2.10. The SMILES string of the molecule is COC(=O)c1ccc(Sc2ccncn2)c(N)c1. The summed E-state index contributed by atoms with van der Waals surface area (Å²) in [7, 11) is 1.34. The summed E-state index contributed by atoms with van der Waals surface area (Å²) >= 11 is 1.41. The molecule has 0 spiro atoms. The molecule has 0 aliphatic rings. The van der Waals surface area contributed by atoms with Crippen LogP contribution in [-0.2, 0) is 4.74 Å². The first-order valence-electron chi connectivity index (χ1n) is 5.12. The van der Waals surface area contributed by atoms with Crippen LogP contribution in [0, 0.1) is 0 Å². The summed E-state index contributed by atoms with van der Waals surface area (Å²) in [5, 5.41) is 0.794. The van der Waals surface area contributed by atoms with Gasteiger partial charge in [-0.1, -0.05) is 11.8 Å². The number of carbonyl (C=O) groups excluding carboxylic acids is 1. The van der Waals surface area contributed by atoms with Crippen LogP contribution in [0.4, 0.5) is 5.69 Å². The van der Waals surface area contributed by atoms with Crippen molar-refractivity contribution in [1.29, 1.82) is 0 Å². The van der Waals surface area contributed by atoms with Crippen LogP contribution in [0.1, 0.15) is 10.4 Å². The number of nitrogens with two attached hydrogens (primary N) is 1. The quantitative estimate of drug-likeness (QED) is 0.517. The number of hydrogen-bond donors (Lipinski definition) is 1. The van der Waals surface area contributed by atoms with Gasteiger partial charge in [-0.25, -0.2) is 14.8 Å². The van der Waals surface area contributed by atoms with E-state index in [0.29, 0.717) is 11.3 Å². The second-order valence-corrected chi connectivity index (χ2v) is 4.46. The Hall–Kier alpha value is -2.08. The first kappa shape index (κ1) is 12.4. The fourth-order valence-electron chi connectivity index (χ4n) is 1.34. The molecule has 0 amide bonds. The van der Waals surface area contributed by atoms with Gasteiger partial charge in [0, 0.05) is 16.8 Å². The van der Waals surface area contributed by atoms with Gasteiger partial charge in [-0.05, 0) is 24.3 Å². The van der Waals surface area contributed by atoms with Crippen LogP contribution < -0.4 is 5.73 Å². The molecule has 0 unspecified atom stereocenters. The maximum atomic E-state index is 11.3. The van der Waals surface area contributed by atoms with Crippen molar-refractivity contribution < 1.29 is 9.53 Å². The van der Waals surface area contributed by atoms with Crippen LogP contribution in [-0.4, -0.2) is 23.0 Å². The van der Waals surface area contributed by atoms with Crippen molar-refractivity contribution in [3.8, 4) is 0 Å². The van der Waals surface area contributed by atoms with Crippen molar-refractivity contribution >= 4 is 23.4 Å². The van der Waals surface area contributed by atoms with Gasteiger partial charge in [-0.15, -0.1) is 0 Å². The van der Waals surface area contributed by atoms with E-state index in [1.165, 1.54) is 25.2 Å². The molecule has 0 radical (unpaired) electrons. The molecule has 2 aromatic rings. The average molecular weight is 261 g/mol. The van der Waals surface area contributed by atoms with Crippen molar-refractivity contribution in [1.82, 2.24) is 9.97 Å². The maximum Gasteiger partial charge on any atom is 0.337 e. The molecule has 2 rings (SSSR count). The molecule has 92 valence electrons. The largest absolute Gasteiger partial charge is 0.465 e. The van der Waals surface area contributed by atoms with Crippen LogP contribution >= 0.6 is 11.8 Å². The van der Waals surface area contributed by atoms with E-state index in [1.807, 2.05) is 0 Å². The highest BCUT2D eigenvalue weighted by atomic mass is 32.2. The smallest absolute Gasteiger partial charge is 0.337 e. The van der Waals surface area contributed by atoms with Crippen LogP contribution in [0.2, 0.25) is 0 Å². The number of anilines is 1. The Kier molecular flexibility index (Phi) is 3.78. The fraction of sp³-hybridized carbons (Fsp3) is 0.0833. The van der Waals surface area contributed by atoms with Gasteiger partial charge < -0.3 is 10.5 Å². The standard InChI is InChI=1S/C12H11N3O2S/c1-17-12(16)8-2-3-10(9(13)6-8)18-11-4-5-14-7-15-11/h2-7H,13H2,1H3. The lowest BCUT2D eigenvalue weighted by Crippen LogP contribution is -2.02. The molecular formula is C12H11N3O2S. The van der Waals surface area contributed by atoms with Crippen LogP contribution in [0.5, 0.6) is 0 Å². The van der Waals surface area contributed by atoms with Crippen molar-refractivity contribution in [2.75, 3.05) is 12.8 Å². The number of benzene rings is 1. The molecule has 2 N–H and O–H groups in total. The highest BCUT2D eigenvalue weighted by Crippen LogP contribution is 2.31. The third-order valence-electron chi connectivity index (χ3n) is 2.20. The van der Waals surface area contributed by atoms with Gasteiger partial charge in [-0.2, -0.15) is 0 Å². The number of esters is 1. The van der Waals surface area contributed by atoms with Gasteiger partial charge in [0.05, 0.1) is 12.7 Å².